The lowest BCUT2D eigenvalue weighted by Crippen LogP contribution is -2.45. The molecule has 3 aromatic heterocycles. The first-order chi connectivity index (χ1) is 30.6. The first kappa shape index (κ1) is 42.5. The largest absolute Gasteiger partial charge is 0.480 e. The van der Waals surface area contributed by atoms with Crippen LogP contribution < -0.4 is 31.1 Å². The maximum atomic E-state index is 15.8. The number of pyridine rings is 1. The van der Waals surface area contributed by atoms with Crippen LogP contribution in [0.3, 0.4) is 0 Å². The van der Waals surface area contributed by atoms with Gasteiger partial charge >= 0.3 is 5.92 Å². The van der Waals surface area contributed by atoms with Gasteiger partial charge in [-0.3, -0.25) is 24.4 Å². The number of nitrogens with one attached hydrogen (secondary N) is 3. The molecule has 19 heteroatoms. The summed E-state index contributed by atoms with van der Waals surface area (Å²) in [6.07, 6.45) is 5.79. The molecule has 0 spiro atoms. The summed E-state index contributed by atoms with van der Waals surface area (Å²) in [5.74, 6) is -4.70. The Morgan fingerprint density at radius 2 is 1.73 bits per heavy atom. The molecule has 2 aromatic carbocycles. The smallest absolute Gasteiger partial charge is 0.301 e. The SMILES string of the molecule is CC1CN(c2ncc(Cl)c(Nc3cc4c5c(c(=O)n(C)c4cc3F)OCC(F)(F)C(C3CC3)N5)n2)CCC1CN1CCC(c2cc3c(cc2F)c(C2CCC(=O)NC2=O)nn3C)CC1. The van der Waals surface area contributed by atoms with Crippen molar-refractivity contribution in [1.82, 2.24) is 34.5 Å². The molecule has 4 fully saturated rings. The molecule has 338 valence electrons. The lowest BCUT2D eigenvalue weighted by molar-refractivity contribution is -0.134. The van der Waals surface area contributed by atoms with Crippen molar-refractivity contribution < 1.29 is 31.9 Å². The van der Waals surface area contributed by atoms with Gasteiger partial charge in [-0.25, -0.2) is 22.5 Å². The van der Waals surface area contributed by atoms with E-state index in [2.05, 4.69) is 42.8 Å². The van der Waals surface area contributed by atoms with Crippen LogP contribution in [0.25, 0.3) is 21.8 Å². The highest BCUT2D eigenvalue weighted by atomic mass is 35.5. The summed E-state index contributed by atoms with van der Waals surface area (Å²) in [5, 5.41) is 14.0. The van der Waals surface area contributed by atoms with Crippen LogP contribution in [0.15, 0.2) is 35.3 Å². The second kappa shape index (κ2) is 16.2. The number of imide groups is 1. The van der Waals surface area contributed by atoms with E-state index in [-0.39, 0.29) is 69.4 Å². The molecule has 0 bridgehead atoms. The summed E-state index contributed by atoms with van der Waals surface area (Å²) in [7, 11) is 3.24. The molecule has 1 saturated carbocycles. The number of rotatable bonds is 8. The molecule has 5 aromatic rings. The number of carbonyl (C=O) groups excluding carboxylic acids is 2. The van der Waals surface area contributed by atoms with Crippen LogP contribution in [0.2, 0.25) is 5.02 Å². The van der Waals surface area contributed by atoms with Crippen molar-refractivity contribution in [2.24, 2.45) is 31.8 Å². The molecule has 7 heterocycles. The summed E-state index contributed by atoms with van der Waals surface area (Å²) in [6, 6.07) is 4.79. The minimum Gasteiger partial charge on any atom is -0.480 e. The molecular weight excluding hydrogens is 856 g/mol. The van der Waals surface area contributed by atoms with Crippen LogP contribution in [-0.4, -0.2) is 92.3 Å². The van der Waals surface area contributed by atoms with Gasteiger partial charge in [0.05, 0.1) is 46.3 Å². The topological polar surface area (TPSA) is 152 Å². The van der Waals surface area contributed by atoms with Gasteiger partial charge in [0.25, 0.3) is 5.56 Å². The van der Waals surface area contributed by atoms with Gasteiger partial charge in [0.1, 0.15) is 16.7 Å². The number of amides is 2. The van der Waals surface area contributed by atoms with Gasteiger partial charge in [0, 0.05) is 57.0 Å². The zero-order valence-corrected chi connectivity index (χ0v) is 36.5. The predicted octanol–water partition coefficient (Wildman–Crippen LogP) is 6.97. The zero-order valence-electron chi connectivity index (χ0n) is 35.7. The van der Waals surface area contributed by atoms with Crippen molar-refractivity contribution in [1.29, 1.82) is 0 Å². The minimum absolute atomic E-state index is 0.0179. The third-order valence-electron chi connectivity index (χ3n) is 14.1. The van der Waals surface area contributed by atoms with Crippen LogP contribution in [0.4, 0.5) is 40.7 Å². The van der Waals surface area contributed by atoms with Crippen molar-refractivity contribution in [2.75, 3.05) is 54.9 Å². The molecule has 4 unspecified atom stereocenters. The Morgan fingerprint density at radius 1 is 0.953 bits per heavy atom. The molecule has 1 aliphatic carbocycles. The normalized spacial score (nSPS) is 24.3. The Kier molecular flexibility index (Phi) is 10.7. The van der Waals surface area contributed by atoms with Crippen LogP contribution in [0.1, 0.15) is 75.0 Å². The average molecular weight is 905 g/mol. The third-order valence-corrected chi connectivity index (χ3v) is 14.4. The van der Waals surface area contributed by atoms with E-state index in [9.17, 15) is 14.4 Å². The Hall–Kier alpha value is -5.49. The van der Waals surface area contributed by atoms with E-state index in [1.807, 2.05) is 6.07 Å². The highest BCUT2D eigenvalue weighted by molar-refractivity contribution is 6.33. The number of hydrogen-bond acceptors (Lipinski definition) is 11. The number of anilines is 4. The van der Waals surface area contributed by atoms with Crippen LogP contribution in [0.5, 0.6) is 5.75 Å². The van der Waals surface area contributed by atoms with E-state index in [0.29, 0.717) is 66.2 Å². The maximum Gasteiger partial charge on any atom is 0.301 e. The Labute approximate surface area is 370 Å². The molecule has 2 amide bonds. The molecule has 14 nitrogen and oxygen atoms in total. The zero-order chi connectivity index (χ0) is 44.8. The summed E-state index contributed by atoms with van der Waals surface area (Å²) in [5.41, 5.74) is 1.57. The minimum atomic E-state index is -3.22. The van der Waals surface area contributed by atoms with Crippen molar-refractivity contribution in [3.63, 3.8) is 0 Å². The van der Waals surface area contributed by atoms with E-state index in [1.54, 1.807) is 11.7 Å². The number of likely N-dealkylation sites (tertiary alicyclic amines) is 1. The van der Waals surface area contributed by atoms with Crippen LogP contribution in [0, 0.1) is 29.4 Å². The summed E-state index contributed by atoms with van der Waals surface area (Å²) in [6.45, 7) is 5.21. The highest BCUT2D eigenvalue weighted by Crippen LogP contribution is 2.46. The molecule has 64 heavy (non-hydrogen) atoms. The second-order valence-corrected chi connectivity index (χ2v) is 18.8. The number of benzene rings is 2. The summed E-state index contributed by atoms with van der Waals surface area (Å²) in [4.78, 5) is 51.4. The molecule has 4 aliphatic heterocycles. The second-order valence-electron chi connectivity index (χ2n) is 18.4. The number of aryl methyl sites for hydroxylation is 2. The van der Waals surface area contributed by atoms with Crippen molar-refractivity contribution in [2.45, 2.75) is 75.7 Å². The number of aromatic nitrogens is 5. The van der Waals surface area contributed by atoms with Gasteiger partial charge in [0.2, 0.25) is 23.5 Å². The Bertz CT molecular complexity index is 2770. The number of piperidine rings is 3. The van der Waals surface area contributed by atoms with E-state index < -0.39 is 41.8 Å². The molecule has 10 rings (SSSR count). The van der Waals surface area contributed by atoms with Gasteiger partial charge in [-0.2, -0.15) is 10.1 Å². The molecule has 3 N–H and O–H groups in total. The van der Waals surface area contributed by atoms with Gasteiger partial charge in [0.15, 0.2) is 12.4 Å². The maximum absolute atomic E-state index is 15.8. The molecule has 5 aliphatic rings. The van der Waals surface area contributed by atoms with Crippen molar-refractivity contribution in [3.05, 3.63) is 68.7 Å². The van der Waals surface area contributed by atoms with Gasteiger partial charge in [-0.1, -0.05) is 18.5 Å². The number of nitrogens with zero attached hydrogens (tertiary/aromatic N) is 7. The summed E-state index contributed by atoms with van der Waals surface area (Å²) >= 11 is 6.58. The molecule has 0 radical (unpaired) electrons. The Balaban J connectivity index is 0.794. The first-order valence-corrected chi connectivity index (χ1v) is 22.4. The van der Waals surface area contributed by atoms with Crippen LogP contribution in [-0.2, 0) is 23.7 Å². The standard InChI is InChI=1S/C45H49ClF4N10O4/c1-22-19-60(13-10-25(22)20-59-11-8-23(9-12-59)27-16-35-28(14-31(27)47)37(56-58(35)3)26-6-7-36(61)53-42(26)62)44-51-18-30(46)41(55-44)52-33-15-29-34(17-32(33)48)57(2)43(63)39-38(29)54-40(24-4-5-24)45(49,50)21-64-39/h14-18,22-26,40,54H,4-13,19-21H2,1-3H3,(H,51,52,55)(H,53,61,62). The number of carbonyl (C=O) groups is 2. The number of alkyl halides is 2. The number of fused-ring (bicyclic) bond motifs is 4. The third kappa shape index (κ3) is 7.69. The lowest BCUT2D eigenvalue weighted by atomic mass is 9.84. The fraction of sp³-hybridized carbons (Fsp3) is 0.511. The summed E-state index contributed by atoms with van der Waals surface area (Å²) < 4.78 is 70.4. The number of hydrogen-bond donors (Lipinski definition) is 3. The Morgan fingerprint density at radius 3 is 2.47 bits per heavy atom. The quantitative estimate of drug-likeness (QED) is 0.109. The average Bonchev–Trinajstić information content (AvgIpc) is 4.07. The predicted molar refractivity (Wildman–Crippen MR) is 234 cm³/mol. The fourth-order valence-electron chi connectivity index (χ4n) is 10.3. The number of halogens is 5. The van der Waals surface area contributed by atoms with E-state index in [4.69, 9.17) is 21.3 Å². The van der Waals surface area contributed by atoms with Gasteiger partial charge in [-0.15, -0.1) is 0 Å². The highest BCUT2D eigenvalue weighted by Gasteiger charge is 2.51. The van der Waals surface area contributed by atoms with E-state index in [1.165, 1.54) is 36.0 Å². The van der Waals surface area contributed by atoms with E-state index in [0.717, 1.165) is 44.4 Å². The van der Waals surface area contributed by atoms with Crippen molar-refractivity contribution >= 4 is 68.4 Å². The first-order valence-electron chi connectivity index (χ1n) is 22.0. The van der Waals surface area contributed by atoms with Crippen molar-refractivity contribution in [3.8, 4) is 5.75 Å². The monoisotopic (exact) mass is 904 g/mol. The van der Waals surface area contributed by atoms with Gasteiger partial charge < -0.3 is 29.7 Å². The van der Waals surface area contributed by atoms with E-state index >= 15 is 17.6 Å². The lowest BCUT2D eigenvalue weighted by Gasteiger charge is -2.41. The number of ether oxygens (including phenoxy) is 1. The molecule has 3 saturated heterocycles. The van der Waals surface area contributed by atoms with Gasteiger partial charge in [-0.05, 0) is 99.0 Å². The van der Waals surface area contributed by atoms with Crippen LogP contribution >= 0.6 is 11.6 Å². The fourth-order valence-corrected chi connectivity index (χ4v) is 10.4. The molecule has 4 atom stereocenters. The molecular formula is C45H49ClF4N10O4.